The third kappa shape index (κ3) is 5.22. The maximum Gasteiger partial charge on any atom is 0.250 e. The number of carbonyl (C=O) groups is 1. The number of rotatable bonds is 7. The smallest absolute Gasteiger partial charge is 0.250 e. The molecule has 1 N–H and O–H groups in total. The predicted octanol–water partition coefficient (Wildman–Crippen LogP) is 4.53. The zero-order valence-electron chi connectivity index (χ0n) is 17.1. The number of amides is 1. The highest BCUT2D eigenvalue weighted by atomic mass is 35.5. The lowest BCUT2D eigenvalue weighted by atomic mass is 10.2. The standard InChI is InChI=1S/C23H19ClN6OS/c1-16-6-8-19(9-7-16)30-22(17-10-12-25-13-11-17)28-29-23(30)32-15-21(31)27-26-14-18-4-2-3-5-20(18)24/h2-14H,15H2,1H3,(H,27,31)/b26-14-. The van der Waals surface area contributed by atoms with E-state index in [0.717, 1.165) is 22.4 Å². The van der Waals surface area contributed by atoms with Gasteiger partial charge in [0.25, 0.3) is 5.91 Å². The van der Waals surface area contributed by atoms with Crippen molar-refractivity contribution in [1.29, 1.82) is 0 Å². The van der Waals surface area contributed by atoms with Crippen LogP contribution in [-0.4, -0.2) is 37.6 Å². The van der Waals surface area contributed by atoms with Crippen LogP contribution in [0, 0.1) is 6.92 Å². The molecule has 2 aromatic carbocycles. The van der Waals surface area contributed by atoms with Gasteiger partial charge in [-0.3, -0.25) is 14.3 Å². The van der Waals surface area contributed by atoms with Gasteiger partial charge >= 0.3 is 0 Å². The summed E-state index contributed by atoms with van der Waals surface area (Å²) in [6.45, 7) is 2.03. The summed E-state index contributed by atoms with van der Waals surface area (Å²) in [5.41, 5.74) is 6.19. The molecule has 0 unspecified atom stereocenters. The number of hydrogen-bond donors (Lipinski definition) is 1. The third-order valence-electron chi connectivity index (χ3n) is 4.49. The van der Waals surface area contributed by atoms with Crippen LogP contribution >= 0.6 is 23.4 Å². The molecule has 0 radical (unpaired) electrons. The van der Waals surface area contributed by atoms with E-state index >= 15 is 0 Å². The van der Waals surface area contributed by atoms with Crippen molar-refractivity contribution in [1.82, 2.24) is 25.2 Å². The lowest BCUT2D eigenvalue weighted by Crippen LogP contribution is -2.20. The molecular weight excluding hydrogens is 444 g/mol. The van der Waals surface area contributed by atoms with Crippen LogP contribution in [0.15, 0.2) is 83.3 Å². The van der Waals surface area contributed by atoms with Crippen molar-refractivity contribution < 1.29 is 4.79 Å². The molecule has 0 saturated carbocycles. The molecule has 9 heteroatoms. The quantitative estimate of drug-likeness (QED) is 0.248. The van der Waals surface area contributed by atoms with Gasteiger partial charge in [0, 0.05) is 34.2 Å². The number of hydrazone groups is 1. The van der Waals surface area contributed by atoms with Crippen LogP contribution in [0.2, 0.25) is 5.02 Å². The van der Waals surface area contributed by atoms with Gasteiger partial charge < -0.3 is 0 Å². The first kappa shape index (κ1) is 21.7. The summed E-state index contributed by atoms with van der Waals surface area (Å²) >= 11 is 7.37. The van der Waals surface area contributed by atoms with E-state index in [1.165, 1.54) is 18.0 Å². The summed E-state index contributed by atoms with van der Waals surface area (Å²) in [5, 5.41) is 13.8. The average Bonchev–Trinajstić information content (AvgIpc) is 3.24. The maximum absolute atomic E-state index is 12.3. The Kier molecular flexibility index (Phi) is 6.94. The molecule has 0 atom stereocenters. The topological polar surface area (TPSA) is 85.1 Å². The highest BCUT2D eigenvalue weighted by molar-refractivity contribution is 7.99. The Morgan fingerprint density at radius 3 is 2.59 bits per heavy atom. The van der Waals surface area contributed by atoms with Gasteiger partial charge in [0.1, 0.15) is 0 Å². The third-order valence-corrected chi connectivity index (χ3v) is 5.77. The fourth-order valence-electron chi connectivity index (χ4n) is 2.89. The molecule has 2 heterocycles. The van der Waals surface area contributed by atoms with Crippen molar-refractivity contribution in [3.63, 3.8) is 0 Å². The maximum atomic E-state index is 12.3. The minimum Gasteiger partial charge on any atom is -0.272 e. The number of benzene rings is 2. The molecule has 4 rings (SSSR count). The number of carbonyl (C=O) groups excluding carboxylic acids is 1. The molecule has 1 amide bonds. The zero-order valence-corrected chi connectivity index (χ0v) is 18.7. The molecule has 160 valence electrons. The normalized spacial score (nSPS) is 11.1. The number of hydrogen-bond acceptors (Lipinski definition) is 6. The summed E-state index contributed by atoms with van der Waals surface area (Å²) in [6, 6.07) is 19.1. The SMILES string of the molecule is Cc1ccc(-n2c(SCC(=O)N/N=C\c3ccccc3Cl)nnc2-c2ccncc2)cc1. The fourth-order valence-corrected chi connectivity index (χ4v) is 3.82. The van der Waals surface area contributed by atoms with Gasteiger partial charge in [-0.25, -0.2) is 5.43 Å². The van der Waals surface area contributed by atoms with E-state index in [-0.39, 0.29) is 11.7 Å². The average molecular weight is 463 g/mol. The Labute approximate surface area is 194 Å². The number of aromatic nitrogens is 4. The molecule has 0 aliphatic rings. The van der Waals surface area contributed by atoms with Crippen LogP contribution in [0.25, 0.3) is 17.1 Å². The van der Waals surface area contributed by atoms with Crippen LogP contribution in [0.3, 0.4) is 0 Å². The van der Waals surface area contributed by atoms with Gasteiger partial charge in [0.15, 0.2) is 11.0 Å². The molecular formula is C23H19ClN6OS. The van der Waals surface area contributed by atoms with E-state index in [9.17, 15) is 4.79 Å². The van der Waals surface area contributed by atoms with E-state index in [0.29, 0.717) is 16.0 Å². The van der Waals surface area contributed by atoms with E-state index in [4.69, 9.17) is 11.6 Å². The van der Waals surface area contributed by atoms with Crippen LogP contribution in [0.4, 0.5) is 0 Å². The summed E-state index contributed by atoms with van der Waals surface area (Å²) in [6.07, 6.45) is 4.93. The Hall–Kier alpha value is -3.49. The molecule has 0 spiro atoms. The largest absolute Gasteiger partial charge is 0.272 e. The van der Waals surface area contributed by atoms with Crippen molar-refractivity contribution >= 4 is 35.5 Å². The Morgan fingerprint density at radius 1 is 1.09 bits per heavy atom. The molecule has 7 nitrogen and oxygen atoms in total. The molecule has 0 fully saturated rings. The summed E-state index contributed by atoms with van der Waals surface area (Å²) in [7, 11) is 0. The van der Waals surface area contributed by atoms with Crippen LogP contribution < -0.4 is 5.43 Å². The van der Waals surface area contributed by atoms with Crippen molar-refractivity contribution in [2.24, 2.45) is 5.10 Å². The minimum absolute atomic E-state index is 0.125. The zero-order chi connectivity index (χ0) is 22.3. The molecule has 0 aliphatic heterocycles. The lowest BCUT2D eigenvalue weighted by Gasteiger charge is -2.10. The second-order valence-electron chi connectivity index (χ2n) is 6.82. The molecule has 32 heavy (non-hydrogen) atoms. The minimum atomic E-state index is -0.262. The Morgan fingerprint density at radius 2 is 1.84 bits per heavy atom. The fraction of sp³-hybridized carbons (Fsp3) is 0.0870. The molecule has 0 bridgehead atoms. The summed E-state index contributed by atoms with van der Waals surface area (Å²) < 4.78 is 1.93. The van der Waals surface area contributed by atoms with Crippen LogP contribution in [0.5, 0.6) is 0 Å². The van der Waals surface area contributed by atoms with Crippen molar-refractivity contribution in [2.45, 2.75) is 12.1 Å². The number of nitrogens with zero attached hydrogens (tertiary/aromatic N) is 5. The molecule has 0 saturated heterocycles. The van der Waals surface area contributed by atoms with E-state index < -0.39 is 0 Å². The Balaban J connectivity index is 1.51. The first-order valence-electron chi connectivity index (χ1n) is 9.74. The number of halogens is 1. The number of nitrogens with one attached hydrogen (secondary N) is 1. The van der Waals surface area contributed by atoms with E-state index in [2.05, 4.69) is 25.7 Å². The van der Waals surface area contributed by atoms with Gasteiger partial charge in [-0.15, -0.1) is 10.2 Å². The second kappa shape index (κ2) is 10.2. The van der Waals surface area contributed by atoms with Gasteiger partial charge in [-0.05, 0) is 37.3 Å². The van der Waals surface area contributed by atoms with Crippen LogP contribution in [-0.2, 0) is 4.79 Å². The van der Waals surface area contributed by atoms with Gasteiger partial charge in [-0.1, -0.05) is 59.3 Å². The van der Waals surface area contributed by atoms with E-state index in [1.807, 2.05) is 66.1 Å². The number of pyridine rings is 1. The number of aryl methyl sites for hydroxylation is 1. The lowest BCUT2D eigenvalue weighted by molar-refractivity contribution is -0.118. The molecule has 4 aromatic rings. The van der Waals surface area contributed by atoms with Gasteiger partial charge in [0.05, 0.1) is 12.0 Å². The summed E-state index contributed by atoms with van der Waals surface area (Å²) in [4.78, 5) is 16.4. The highest BCUT2D eigenvalue weighted by Gasteiger charge is 2.17. The molecule has 0 aliphatic carbocycles. The number of thioether (sulfide) groups is 1. The second-order valence-corrected chi connectivity index (χ2v) is 8.17. The van der Waals surface area contributed by atoms with Crippen LogP contribution in [0.1, 0.15) is 11.1 Å². The van der Waals surface area contributed by atoms with E-state index in [1.54, 1.807) is 18.5 Å². The Bertz CT molecular complexity index is 1240. The van der Waals surface area contributed by atoms with Gasteiger partial charge in [0.2, 0.25) is 0 Å². The van der Waals surface area contributed by atoms with Gasteiger partial charge in [-0.2, -0.15) is 5.10 Å². The highest BCUT2D eigenvalue weighted by Crippen LogP contribution is 2.27. The van der Waals surface area contributed by atoms with Crippen molar-refractivity contribution in [3.8, 4) is 17.1 Å². The first-order chi connectivity index (χ1) is 15.6. The summed E-state index contributed by atoms with van der Waals surface area (Å²) in [5.74, 6) is 0.540. The monoisotopic (exact) mass is 462 g/mol. The first-order valence-corrected chi connectivity index (χ1v) is 11.1. The predicted molar refractivity (Wildman–Crippen MR) is 127 cm³/mol. The van der Waals surface area contributed by atoms with Crippen molar-refractivity contribution in [3.05, 3.63) is 89.2 Å². The molecule has 2 aromatic heterocycles. The van der Waals surface area contributed by atoms with Crippen molar-refractivity contribution in [2.75, 3.05) is 5.75 Å².